The second-order valence-electron chi connectivity index (χ2n) is 5.80. The van der Waals surface area contributed by atoms with Crippen molar-refractivity contribution in [2.75, 3.05) is 6.54 Å². The minimum atomic E-state index is -3.88. The number of hydrogen-bond donors (Lipinski definition) is 2. The SMILES string of the molecule is CC1CCCCN1S(=O)(=O)NC(Cc1ccc(F)cc1)C(=O)O. The molecule has 2 N–H and O–H groups in total. The van der Waals surface area contributed by atoms with Crippen LogP contribution in [0.15, 0.2) is 24.3 Å². The second kappa shape index (κ2) is 7.37. The van der Waals surface area contributed by atoms with Crippen LogP contribution in [0, 0.1) is 5.82 Å². The molecule has 128 valence electrons. The molecule has 2 atom stereocenters. The molecule has 1 fully saturated rings. The summed E-state index contributed by atoms with van der Waals surface area (Å²) in [5.41, 5.74) is 0.549. The molecule has 6 nitrogen and oxygen atoms in total. The fourth-order valence-corrected chi connectivity index (χ4v) is 4.34. The molecule has 2 unspecified atom stereocenters. The molecule has 2 rings (SSSR count). The van der Waals surface area contributed by atoms with Gasteiger partial charge in [0, 0.05) is 12.6 Å². The largest absolute Gasteiger partial charge is 0.480 e. The Morgan fingerprint density at radius 2 is 2.04 bits per heavy atom. The molecule has 0 spiro atoms. The lowest BCUT2D eigenvalue weighted by atomic mass is 10.1. The average molecular weight is 344 g/mol. The molecule has 0 aromatic heterocycles. The Balaban J connectivity index is 2.11. The van der Waals surface area contributed by atoms with Crippen molar-refractivity contribution < 1.29 is 22.7 Å². The summed E-state index contributed by atoms with van der Waals surface area (Å²) < 4.78 is 41.4. The van der Waals surface area contributed by atoms with Crippen LogP contribution in [0.1, 0.15) is 31.7 Å². The van der Waals surface area contributed by atoms with Gasteiger partial charge in [-0.3, -0.25) is 4.79 Å². The molecule has 1 saturated heterocycles. The van der Waals surface area contributed by atoms with Crippen LogP contribution in [0.4, 0.5) is 4.39 Å². The molecule has 1 aliphatic rings. The van der Waals surface area contributed by atoms with E-state index < -0.39 is 28.0 Å². The number of aliphatic carboxylic acids is 1. The lowest BCUT2D eigenvalue weighted by molar-refractivity contribution is -0.138. The Kier molecular flexibility index (Phi) is 5.72. The standard InChI is InChI=1S/C15H21FN2O4S/c1-11-4-2-3-9-18(11)23(21,22)17-14(15(19)20)10-12-5-7-13(16)8-6-12/h5-8,11,14,17H,2-4,9-10H2,1H3,(H,19,20). The Bertz CT molecular complexity index is 648. The molecule has 0 amide bonds. The van der Waals surface area contributed by atoms with E-state index in [1.54, 1.807) is 0 Å². The van der Waals surface area contributed by atoms with Crippen LogP contribution in [0.3, 0.4) is 0 Å². The summed E-state index contributed by atoms with van der Waals surface area (Å²) >= 11 is 0. The number of nitrogens with zero attached hydrogens (tertiary/aromatic N) is 1. The van der Waals surface area contributed by atoms with Gasteiger partial charge in [0.2, 0.25) is 0 Å². The number of carboxylic acids is 1. The Labute approximate surface area is 135 Å². The molecular formula is C15H21FN2O4S. The van der Waals surface area contributed by atoms with E-state index in [1.165, 1.54) is 28.6 Å². The number of rotatable bonds is 6. The van der Waals surface area contributed by atoms with E-state index in [9.17, 15) is 22.7 Å². The van der Waals surface area contributed by atoms with E-state index in [-0.39, 0.29) is 12.5 Å². The number of carbonyl (C=O) groups is 1. The number of benzene rings is 1. The first-order chi connectivity index (χ1) is 10.8. The molecule has 1 aromatic rings. The number of carboxylic acid groups (broad SMARTS) is 1. The van der Waals surface area contributed by atoms with Crippen molar-refractivity contribution in [1.82, 2.24) is 9.03 Å². The van der Waals surface area contributed by atoms with Crippen LogP contribution in [-0.4, -0.2) is 42.4 Å². The number of hydrogen-bond acceptors (Lipinski definition) is 3. The minimum absolute atomic E-state index is 0.0446. The molecular weight excluding hydrogens is 323 g/mol. The normalized spacial score (nSPS) is 21.0. The monoisotopic (exact) mass is 344 g/mol. The zero-order valence-corrected chi connectivity index (χ0v) is 13.7. The summed E-state index contributed by atoms with van der Waals surface area (Å²) in [6, 6.07) is 3.89. The van der Waals surface area contributed by atoms with Gasteiger partial charge < -0.3 is 5.11 Å². The lowest BCUT2D eigenvalue weighted by Crippen LogP contribution is -2.53. The van der Waals surface area contributed by atoms with Gasteiger partial charge >= 0.3 is 5.97 Å². The highest BCUT2D eigenvalue weighted by molar-refractivity contribution is 7.87. The molecule has 0 saturated carbocycles. The van der Waals surface area contributed by atoms with Gasteiger partial charge in [-0.15, -0.1) is 0 Å². The van der Waals surface area contributed by atoms with Crippen molar-refractivity contribution in [2.24, 2.45) is 0 Å². The van der Waals surface area contributed by atoms with Gasteiger partial charge in [-0.1, -0.05) is 18.6 Å². The maximum absolute atomic E-state index is 12.9. The summed E-state index contributed by atoms with van der Waals surface area (Å²) in [4.78, 5) is 11.4. The predicted octanol–water partition coefficient (Wildman–Crippen LogP) is 1.53. The van der Waals surface area contributed by atoms with Crippen LogP contribution >= 0.6 is 0 Å². The van der Waals surface area contributed by atoms with Gasteiger partial charge in [-0.25, -0.2) is 4.39 Å². The summed E-state index contributed by atoms with van der Waals surface area (Å²) in [7, 11) is -3.88. The second-order valence-corrected chi connectivity index (χ2v) is 7.45. The first-order valence-electron chi connectivity index (χ1n) is 7.56. The Hall–Kier alpha value is -1.51. The first-order valence-corrected chi connectivity index (χ1v) is 9.00. The molecule has 1 aliphatic heterocycles. The Morgan fingerprint density at radius 1 is 1.39 bits per heavy atom. The highest BCUT2D eigenvalue weighted by atomic mass is 32.2. The zero-order chi connectivity index (χ0) is 17.0. The number of nitrogens with one attached hydrogen (secondary N) is 1. The van der Waals surface area contributed by atoms with Crippen LogP contribution in [0.5, 0.6) is 0 Å². The van der Waals surface area contributed by atoms with Gasteiger partial charge in [-0.05, 0) is 43.9 Å². The fourth-order valence-electron chi connectivity index (χ4n) is 2.71. The predicted molar refractivity (Wildman–Crippen MR) is 83.6 cm³/mol. The molecule has 0 aliphatic carbocycles. The van der Waals surface area contributed by atoms with Gasteiger partial charge in [0.15, 0.2) is 0 Å². The Morgan fingerprint density at radius 3 is 2.61 bits per heavy atom. The average Bonchev–Trinajstić information content (AvgIpc) is 2.48. The maximum Gasteiger partial charge on any atom is 0.322 e. The van der Waals surface area contributed by atoms with Gasteiger partial charge in [0.25, 0.3) is 10.2 Å². The molecule has 1 heterocycles. The molecule has 23 heavy (non-hydrogen) atoms. The van der Waals surface area contributed by atoms with Crippen LogP contribution in [0.2, 0.25) is 0 Å². The van der Waals surface area contributed by atoms with Crippen molar-refractivity contribution in [3.05, 3.63) is 35.6 Å². The van der Waals surface area contributed by atoms with Gasteiger partial charge in [0.1, 0.15) is 11.9 Å². The third kappa shape index (κ3) is 4.73. The van der Waals surface area contributed by atoms with Gasteiger partial charge in [-0.2, -0.15) is 17.4 Å². The molecule has 0 bridgehead atoms. The molecule has 1 aromatic carbocycles. The van der Waals surface area contributed by atoms with E-state index in [0.29, 0.717) is 12.1 Å². The van der Waals surface area contributed by atoms with Crippen LogP contribution < -0.4 is 4.72 Å². The first kappa shape index (κ1) is 17.8. The maximum atomic E-state index is 12.9. The van der Waals surface area contributed by atoms with Crippen molar-refractivity contribution in [3.63, 3.8) is 0 Å². The summed E-state index contributed by atoms with van der Waals surface area (Å²) in [5.74, 6) is -1.69. The van der Waals surface area contributed by atoms with E-state index in [4.69, 9.17) is 0 Å². The summed E-state index contributed by atoms with van der Waals surface area (Å²) in [6.45, 7) is 2.20. The highest BCUT2D eigenvalue weighted by Crippen LogP contribution is 2.19. The third-order valence-corrected chi connectivity index (χ3v) is 5.74. The van der Waals surface area contributed by atoms with Crippen LogP contribution in [-0.2, 0) is 21.4 Å². The van der Waals surface area contributed by atoms with E-state index in [2.05, 4.69) is 4.72 Å². The highest BCUT2D eigenvalue weighted by Gasteiger charge is 2.33. The zero-order valence-electron chi connectivity index (χ0n) is 12.9. The fraction of sp³-hybridized carbons (Fsp3) is 0.533. The van der Waals surface area contributed by atoms with E-state index >= 15 is 0 Å². The number of piperidine rings is 1. The third-order valence-electron chi connectivity index (χ3n) is 3.99. The molecule has 8 heteroatoms. The lowest BCUT2D eigenvalue weighted by Gasteiger charge is -2.33. The van der Waals surface area contributed by atoms with Crippen molar-refractivity contribution in [2.45, 2.75) is 44.7 Å². The van der Waals surface area contributed by atoms with E-state index in [0.717, 1.165) is 19.3 Å². The van der Waals surface area contributed by atoms with Crippen molar-refractivity contribution in [1.29, 1.82) is 0 Å². The summed E-state index contributed by atoms with van der Waals surface area (Å²) in [6.07, 6.45) is 2.44. The molecule has 0 radical (unpaired) electrons. The quantitative estimate of drug-likeness (QED) is 0.819. The summed E-state index contributed by atoms with van der Waals surface area (Å²) in [5, 5.41) is 9.30. The van der Waals surface area contributed by atoms with Crippen molar-refractivity contribution in [3.8, 4) is 0 Å². The minimum Gasteiger partial charge on any atom is -0.480 e. The smallest absolute Gasteiger partial charge is 0.322 e. The van der Waals surface area contributed by atoms with Gasteiger partial charge in [0.05, 0.1) is 0 Å². The van der Waals surface area contributed by atoms with E-state index in [1.807, 2.05) is 6.92 Å². The van der Waals surface area contributed by atoms with Crippen molar-refractivity contribution >= 4 is 16.2 Å². The van der Waals surface area contributed by atoms with Crippen LogP contribution in [0.25, 0.3) is 0 Å². The topological polar surface area (TPSA) is 86.7 Å². The number of halogens is 1.